The van der Waals surface area contributed by atoms with E-state index in [-0.39, 0.29) is 98.6 Å². The number of fused-ring (bicyclic) bond motifs is 4. The molecule has 1 aromatic heterocycles. The van der Waals surface area contributed by atoms with Crippen molar-refractivity contribution >= 4 is 104 Å². The first kappa shape index (κ1) is 95.2. The van der Waals surface area contributed by atoms with Gasteiger partial charge < -0.3 is 73.0 Å². The number of benzene rings is 9. The quantitative estimate of drug-likeness (QED) is 0.00684. The van der Waals surface area contributed by atoms with Crippen molar-refractivity contribution < 1.29 is 78.5 Å². The van der Waals surface area contributed by atoms with E-state index in [9.17, 15) is 38.4 Å². The highest BCUT2D eigenvalue weighted by Crippen LogP contribution is 2.46. The van der Waals surface area contributed by atoms with Gasteiger partial charge in [-0.15, -0.1) is 0 Å². The van der Waals surface area contributed by atoms with E-state index in [1.165, 1.54) is 4.31 Å². The lowest BCUT2D eigenvalue weighted by Gasteiger charge is -2.31. The number of amides is 6. The summed E-state index contributed by atoms with van der Waals surface area (Å²) in [6.07, 6.45) is 5.76. The predicted octanol–water partition coefficient (Wildman–Crippen LogP) is 16.1. The number of halogens is 2. The van der Waals surface area contributed by atoms with Crippen molar-refractivity contribution in [1.82, 2.24) is 45.3 Å². The Morgan fingerprint density at radius 2 is 1.24 bits per heavy atom. The first-order valence-electron chi connectivity index (χ1n) is 45.4. The molecule has 5 heterocycles. The number of carbonyl (C=O) groups excluding carboxylic acids is 8. The van der Waals surface area contributed by atoms with Gasteiger partial charge in [-0.2, -0.15) is 8.88 Å². The van der Waals surface area contributed by atoms with Crippen molar-refractivity contribution in [2.45, 2.75) is 141 Å². The van der Waals surface area contributed by atoms with Crippen molar-refractivity contribution in [2.24, 2.45) is 5.92 Å². The second-order valence-electron chi connectivity index (χ2n) is 34.0. The molecule has 0 saturated carbocycles. The lowest BCUT2D eigenvalue weighted by atomic mass is 9.89. The largest absolute Gasteiger partial charge is 0.737 e. The second-order valence-corrected chi connectivity index (χ2v) is 35.9. The molecule has 25 nitrogen and oxygen atoms in total. The number of ketones is 1. The molecule has 29 heteroatoms. The van der Waals surface area contributed by atoms with Crippen LogP contribution in [0.4, 0.5) is 30.5 Å². The molecule has 690 valence electrons. The number of aromatic nitrogens is 1. The van der Waals surface area contributed by atoms with Gasteiger partial charge in [-0.25, -0.2) is 18.0 Å². The van der Waals surface area contributed by atoms with E-state index >= 15 is 17.0 Å². The third kappa shape index (κ3) is 23.0. The molecule has 0 bridgehead atoms. The van der Waals surface area contributed by atoms with Crippen LogP contribution in [0, 0.1) is 19.8 Å². The molecule has 6 amide bonds. The minimum Gasteiger partial charge on any atom is -0.497 e. The molecule has 2 unspecified atom stereocenters. The summed E-state index contributed by atoms with van der Waals surface area (Å²) in [6.45, 7) is 3.15. The van der Waals surface area contributed by atoms with Crippen LogP contribution in [0.15, 0.2) is 257 Å². The second kappa shape index (κ2) is 43.9. The molecule has 6 N–H and O–H groups in total. The number of hydrogen-bond donors (Lipinski definition) is 6. The first-order chi connectivity index (χ1) is 64.2. The van der Waals surface area contributed by atoms with E-state index in [1.54, 1.807) is 143 Å². The zero-order valence-electron chi connectivity index (χ0n) is 76.0. The minimum absolute atomic E-state index is 0.0306. The summed E-state index contributed by atoms with van der Waals surface area (Å²) in [5.74, 6) is -2.41. The summed E-state index contributed by atoms with van der Waals surface area (Å²) in [5, 5.41) is 18.9. The van der Waals surface area contributed by atoms with Crippen LogP contribution in [-0.2, 0) is 56.5 Å². The molecular weight excluding hydrogens is 1710 g/mol. The van der Waals surface area contributed by atoms with Crippen LogP contribution in [-0.4, -0.2) is 161 Å². The zero-order chi connectivity index (χ0) is 93.9. The van der Waals surface area contributed by atoms with Gasteiger partial charge in [0.1, 0.15) is 42.5 Å². The SMILES string of the molecule is COc1ccc(-c2ccc3n2[B-](F)(F)[N+]2=C(C)C(CCC(=O)NCCCCCC(=O)NCCCCC(NC(=O)C(Cc4ccccc4)NC(=O)OCc4ccccc4)C(=O)COC(=O)c4c(C)cc(C(=O)NCCCCNC(=O)C5CCN(S(=O)(=O)c6ccccc6-c6c7cc/c(=[N+](/C)c8ccccc8)cc-7oc7cc(N(C)c8ccccc8)ccc67)CC5)cc4C)=C(C)C2=C3)cc1. The van der Waals surface area contributed by atoms with E-state index in [2.05, 4.69) is 41.4 Å². The van der Waals surface area contributed by atoms with E-state index in [0.29, 0.717) is 155 Å². The van der Waals surface area contributed by atoms with Crippen molar-refractivity contribution in [1.29, 1.82) is 0 Å². The number of nitrogens with one attached hydrogen (secondary N) is 6. The van der Waals surface area contributed by atoms with Crippen molar-refractivity contribution in [3.05, 3.63) is 292 Å². The number of aryl methyl sites for hydroxylation is 2. The van der Waals surface area contributed by atoms with Crippen LogP contribution in [0.2, 0.25) is 0 Å². The fourth-order valence-electron chi connectivity index (χ4n) is 17.8. The Labute approximate surface area is 773 Å². The number of Topliss-reactive ketones (excluding diaryl/α,β-unsaturated/α-hetero) is 1. The maximum Gasteiger partial charge on any atom is 0.737 e. The number of anilines is 2. The number of alkyl carbamates (subject to hydrolysis) is 1. The number of rotatable bonds is 40. The number of hydrogen-bond acceptors (Lipinski definition) is 15. The molecule has 9 aromatic rings. The number of ether oxygens (including phenoxy) is 3. The number of esters is 1. The van der Waals surface area contributed by atoms with Gasteiger partial charge in [0.2, 0.25) is 44.7 Å². The lowest BCUT2D eigenvalue weighted by molar-refractivity contribution is -0.362. The number of nitrogens with zero attached hydrogens (tertiary/aromatic N) is 5. The molecule has 8 aromatic carbocycles. The van der Waals surface area contributed by atoms with Crippen LogP contribution in [0.3, 0.4) is 0 Å². The first-order valence-corrected chi connectivity index (χ1v) is 46.8. The summed E-state index contributed by atoms with van der Waals surface area (Å²) >= 11 is 0. The third-order valence-corrected chi connectivity index (χ3v) is 27.0. The fourth-order valence-corrected chi connectivity index (χ4v) is 19.4. The monoisotopic (exact) mass is 1820 g/mol. The average molecular weight is 1820 g/mol. The number of piperidine rings is 1. The van der Waals surface area contributed by atoms with Crippen molar-refractivity contribution in [3.63, 3.8) is 0 Å². The standard InChI is InChI=1S/C104H112BF2N11O14S/c1-69-61-77(101(123)111-58-28-27-57-110-100(122)76-53-59-116(60-54-76)133(127,128)95-39-23-22-37-87(95)99-85-48-43-80(114(5)78-33-17-10-18-34-78)65-93(85)132-94-66-81(44-49-86(94)99)115(6)79-35-19-11-20-36-79)62-70(2)98(69)103(125)130-68-92(119)88(112-102(124)89(63-73-29-13-8-14-30-73)113-104(126)131-67-74-31-15-9-16-32-74)38-24-26-56-108-96(120)40-21-12-25-55-109-97(121)52-50-84-71(3)91-64-82-45-51-90(75-41-46-83(129-7)47-42-75)118(82)105(106,107)117(91)72(84)4/h8-11,13-20,22-23,29-37,39,41-49,51,61-62,64-66,76,88-89H,12,21,24-28,38,40,50,52-60,63,67-68H2,1-7H3,(H5-,108,109,110,111,112,113,120,121,122,123,124,126)/p+1. The Bertz CT molecular complexity index is 6360. The van der Waals surface area contributed by atoms with Crippen molar-refractivity contribution in [2.75, 3.05) is 72.0 Å². The van der Waals surface area contributed by atoms with Gasteiger partial charge in [0.25, 0.3) is 5.91 Å². The van der Waals surface area contributed by atoms with E-state index in [1.807, 2.05) is 142 Å². The maximum atomic E-state index is 16.7. The maximum absolute atomic E-state index is 16.7. The van der Waals surface area contributed by atoms with Crippen LogP contribution < -0.4 is 51.5 Å². The van der Waals surface area contributed by atoms with Crippen molar-refractivity contribution in [3.8, 4) is 39.5 Å². The Kier molecular flexibility index (Phi) is 31.4. The van der Waals surface area contributed by atoms with E-state index < -0.39 is 71.3 Å². The molecule has 4 aliphatic heterocycles. The molecule has 133 heavy (non-hydrogen) atoms. The van der Waals surface area contributed by atoms with Gasteiger partial charge in [-0.1, -0.05) is 122 Å². The molecular formula is C104H113BF2N11O14S+. The summed E-state index contributed by atoms with van der Waals surface area (Å²) in [5.41, 5.74) is 11.7. The molecule has 1 aliphatic carbocycles. The smallest absolute Gasteiger partial charge is 0.497 e. The fraction of sp³-hybridized carbons (Fsp3) is 0.308. The van der Waals surface area contributed by atoms with Gasteiger partial charge in [0, 0.05) is 170 Å². The Morgan fingerprint density at radius 1 is 0.617 bits per heavy atom. The normalized spacial score (nSPS) is 14.4. The molecule has 0 radical (unpaired) electrons. The van der Waals surface area contributed by atoms with Crippen LogP contribution in [0.25, 0.3) is 50.8 Å². The Balaban J connectivity index is 0.531. The summed E-state index contributed by atoms with van der Waals surface area (Å²) in [7, 11) is 1.41. The highest BCUT2D eigenvalue weighted by Gasteiger charge is 2.54. The van der Waals surface area contributed by atoms with Gasteiger partial charge in [-0.3, -0.25) is 28.8 Å². The summed E-state index contributed by atoms with van der Waals surface area (Å²) < 4.78 is 92.5. The molecule has 5 aliphatic rings. The van der Waals surface area contributed by atoms with E-state index in [0.717, 1.165) is 47.9 Å². The molecule has 2 atom stereocenters. The average Bonchev–Trinajstić information content (AvgIpc) is 1.47. The van der Waals surface area contributed by atoms with Gasteiger partial charge in [0.15, 0.2) is 18.1 Å². The third-order valence-electron chi connectivity index (χ3n) is 25.1. The number of allylic oxidation sites excluding steroid dienone is 2. The van der Waals surface area contributed by atoms with E-state index in [4.69, 9.17) is 18.6 Å². The number of carbonyl (C=O) groups is 8. The number of sulfonamides is 1. The minimum atomic E-state index is -4.27. The van der Waals surface area contributed by atoms with Gasteiger partial charge in [-0.05, 0) is 198 Å². The predicted molar refractivity (Wildman–Crippen MR) is 512 cm³/mol. The van der Waals surface area contributed by atoms with Crippen LogP contribution in [0.1, 0.15) is 146 Å². The summed E-state index contributed by atoms with van der Waals surface area (Å²) in [6, 6.07) is 68.0. The highest BCUT2D eigenvalue weighted by molar-refractivity contribution is 7.89. The highest BCUT2D eigenvalue weighted by atomic mass is 32.2. The number of para-hydroxylation sites is 2. The van der Waals surface area contributed by atoms with Crippen LogP contribution >= 0.6 is 0 Å². The number of methoxy groups -OCH3 is 1. The molecule has 1 fully saturated rings. The topological polar surface area (TPSA) is 301 Å². The zero-order valence-corrected chi connectivity index (χ0v) is 76.8. The summed E-state index contributed by atoms with van der Waals surface area (Å²) in [4.78, 5) is 112. The molecule has 0 spiro atoms. The number of unbranched alkanes of at least 4 members (excludes halogenated alkanes) is 4. The van der Waals surface area contributed by atoms with Gasteiger partial charge >= 0.3 is 19.0 Å². The lowest BCUT2D eigenvalue weighted by Crippen LogP contribution is -2.53. The van der Waals surface area contributed by atoms with Gasteiger partial charge in [0.05, 0.1) is 29.7 Å². The van der Waals surface area contributed by atoms with Crippen LogP contribution in [0.5, 0.6) is 5.75 Å². The molecule has 14 rings (SSSR count). The Morgan fingerprint density at radius 3 is 1.93 bits per heavy atom. The molecule has 1 saturated heterocycles. The Hall–Kier alpha value is -13.9.